The van der Waals surface area contributed by atoms with Gasteiger partial charge in [0.2, 0.25) is 5.91 Å². The third kappa shape index (κ3) is 2.80. The molecule has 2 saturated heterocycles. The largest absolute Gasteiger partial charge is 0.508 e. The first-order valence-corrected chi connectivity index (χ1v) is 7.54. The van der Waals surface area contributed by atoms with Crippen LogP contribution < -0.4 is 5.32 Å². The first kappa shape index (κ1) is 13.4. The Balaban J connectivity index is 1.58. The highest BCUT2D eigenvalue weighted by atomic mass is 16.3. The van der Waals surface area contributed by atoms with E-state index < -0.39 is 0 Å². The van der Waals surface area contributed by atoms with Gasteiger partial charge in [0.1, 0.15) is 5.75 Å². The summed E-state index contributed by atoms with van der Waals surface area (Å²) < 4.78 is 0. The van der Waals surface area contributed by atoms with Crippen molar-refractivity contribution in [1.82, 2.24) is 10.2 Å². The van der Waals surface area contributed by atoms with Crippen LogP contribution in [0.5, 0.6) is 5.75 Å². The average molecular weight is 274 g/mol. The smallest absolute Gasteiger partial charge is 0.224 e. The number of aromatic hydroxyl groups is 1. The van der Waals surface area contributed by atoms with Crippen LogP contribution in [0.25, 0.3) is 0 Å². The number of piperidine rings is 1. The van der Waals surface area contributed by atoms with E-state index in [9.17, 15) is 9.90 Å². The first-order chi connectivity index (χ1) is 9.74. The van der Waals surface area contributed by atoms with Gasteiger partial charge < -0.3 is 10.4 Å². The predicted octanol–water partition coefficient (Wildman–Crippen LogP) is 1.68. The van der Waals surface area contributed by atoms with Gasteiger partial charge in [-0.3, -0.25) is 9.69 Å². The van der Waals surface area contributed by atoms with Gasteiger partial charge in [-0.15, -0.1) is 0 Å². The number of carbonyl (C=O) groups is 1. The van der Waals surface area contributed by atoms with Gasteiger partial charge in [0.15, 0.2) is 0 Å². The molecule has 0 bridgehead atoms. The van der Waals surface area contributed by atoms with Crippen LogP contribution in [0.3, 0.4) is 0 Å². The number of nitrogens with one attached hydrogen (secondary N) is 1. The number of para-hydroxylation sites is 1. The Morgan fingerprint density at radius 3 is 2.95 bits per heavy atom. The van der Waals surface area contributed by atoms with Crippen LogP contribution >= 0.6 is 0 Å². The minimum absolute atomic E-state index is 0.0175. The molecule has 2 aliphatic rings. The molecule has 4 nitrogen and oxygen atoms in total. The summed E-state index contributed by atoms with van der Waals surface area (Å²) in [5.74, 6) is 0.220. The zero-order valence-electron chi connectivity index (χ0n) is 11.7. The van der Waals surface area contributed by atoms with Crippen molar-refractivity contribution in [3.05, 3.63) is 29.8 Å². The monoisotopic (exact) mass is 274 g/mol. The lowest BCUT2D eigenvalue weighted by Crippen LogP contribution is -2.47. The average Bonchev–Trinajstić information content (AvgIpc) is 2.85. The van der Waals surface area contributed by atoms with E-state index in [-0.39, 0.29) is 24.1 Å². The fraction of sp³-hybridized carbons (Fsp3) is 0.562. The molecule has 1 aromatic rings. The Morgan fingerprint density at radius 2 is 2.10 bits per heavy atom. The standard InChI is InChI=1S/C16H22N2O2/c19-15-7-2-1-5-12(15)11-16(20)17-13-8-10-18-9-4-3-6-14(13)18/h1-2,5,7,13-14,19H,3-4,6,8-11H2,(H,17,20). The number of amides is 1. The number of carbonyl (C=O) groups excluding carboxylic acids is 1. The Morgan fingerprint density at radius 1 is 1.25 bits per heavy atom. The Labute approximate surface area is 119 Å². The molecule has 2 aliphatic heterocycles. The van der Waals surface area contributed by atoms with Crippen LogP contribution in [0, 0.1) is 0 Å². The Kier molecular flexibility index (Phi) is 3.92. The van der Waals surface area contributed by atoms with Gasteiger partial charge in [-0.25, -0.2) is 0 Å². The molecule has 2 fully saturated rings. The van der Waals surface area contributed by atoms with Crippen molar-refractivity contribution in [2.75, 3.05) is 13.1 Å². The summed E-state index contributed by atoms with van der Waals surface area (Å²) in [5.41, 5.74) is 0.698. The summed E-state index contributed by atoms with van der Waals surface area (Å²) in [6.07, 6.45) is 5.07. The van der Waals surface area contributed by atoms with Gasteiger partial charge in [0.25, 0.3) is 0 Å². The maximum atomic E-state index is 12.2. The SMILES string of the molecule is O=C(Cc1ccccc1O)NC1CCN2CCCCC12. The number of phenols is 1. The zero-order valence-corrected chi connectivity index (χ0v) is 11.7. The van der Waals surface area contributed by atoms with Crippen LogP contribution in [0.4, 0.5) is 0 Å². The van der Waals surface area contributed by atoms with E-state index in [1.54, 1.807) is 18.2 Å². The second-order valence-electron chi connectivity index (χ2n) is 5.87. The predicted molar refractivity (Wildman–Crippen MR) is 77.6 cm³/mol. The van der Waals surface area contributed by atoms with E-state index >= 15 is 0 Å². The fourth-order valence-electron chi connectivity index (χ4n) is 3.51. The Hall–Kier alpha value is -1.55. The third-order valence-electron chi connectivity index (χ3n) is 4.55. The van der Waals surface area contributed by atoms with E-state index in [1.165, 1.54) is 25.8 Å². The highest BCUT2D eigenvalue weighted by molar-refractivity contribution is 5.79. The first-order valence-electron chi connectivity index (χ1n) is 7.54. The summed E-state index contributed by atoms with van der Waals surface area (Å²) >= 11 is 0. The number of hydrogen-bond acceptors (Lipinski definition) is 3. The molecule has 2 atom stereocenters. The minimum Gasteiger partial charge on any atom is -0.508 e. The van der Waals surface area contributed by atoms with E-state index in [0.717, 1.165) is 13.0 Å². The van der Waals surface area contributed by atoms with Gasteiger partial charge in [-0.05, 0) is 31.9 Å². The maximum Gasteiger partial charge on any atom is 0.224 e. The number of nitrogens with zero attached hydrogens (tertiary/aromatic N) is 1. The van der Waals surface area contributed by atoms with Crippen molar-refractivity contribution in [2.45, 2.75) is 44.2 Å². The van der Waals surface area contributed by atoms with Crippen LogP contribution in [0.1, 0.15) is 31.2 Å². The second-order valence-corrected chi connectivity index (χ2v) is 5.87. The van der Waals surface area contributed by atoms with Crippen molar-refractivity contribution >= 4 is 5.91 Å². The molecule has 108 valence electrons. The lowest BCUT2D eigenvalue weighted by molar-refractivity contribution is -0.121. The van der Waals surface area contributed by atoms with Crippen molar-refractivity contribution < 1.29 is 9.90 Å². The molecule has 0 radical (unpaired) electrons. The fourth-order valence-corrected chi connectivity index (χ4v) is 3.51. The number of benzene rings is 1. The lowest BCUT2D eigenvalue weighted by Gasteiger charge is -2.32. The quantitative estimate of drug-likeness (QED) is 0.881. The lowest BCUT2D eigenvalue weighted by atomic mass is 9.99. The van der Waals surface area contributed by atoms with Gasteiger partial charge in [-0.2, -0.15) is 0 Å². The summed E-state index contributed by atoms with van der Waals surface area (Å²) in [7, 11) is 0. The summed E-state index contributed by atoms with van der Waals surface area (Å²) in [4.78, 5) is 14.7. The van der Waals surface area contributed by atoms with Crippen LogP contribution in [0.15, 0.2) is 24.3 Å². The topological polar surface area (TPSA) is 52.6 Å². The number of phenolic OH excluding ortho intramolecular Hbond substituents is 1. The van der Waals surface area contributed by atoms with E-state index in [4.69, 9.17) is 0 Å². The van der Waals surface area contributed by atoms with Crippen molar-refractivity contribution in [3.8, 4) is 5.75 Å². The molecule has 1 aromatic carbocycles. The molecule has 0 spiro atoms. The molecule has 2 N–H and O–H groups in total. The zero-order chi connectivity index (χ0) is 13.9. The molecule has 4 heteroatoms. The summed E-state index contributed by atoms with van der Waals surface area (Å²) in [6.45, 7) is 2.28. The van der Waals surface area contributed by atoms with Crippen molar-refractivity contribution in [1.29, 1.82) is 0 Å². The molecule has 0 aromatic heterocycles. The molecule has 20 heavy (non-hydrogen) atoms. The second kappa shape index (κ2) is 5.83. The molecule has 0 saturated carbocycles. The van der Waals surface area contributed by atoms with Gasteiger partial charge in [0.05, 0.1) is 6.42 Å². The summed E-state index contributed by atoms with van der Waals surface area (Å²) in [6, 6.07) is 7.86. The van der Waals surface area contributed by atoms with Gasteiger partial charge in [0, 0.05) is 24.2 Å². The number of fused-ring (bicyclic) bond motifs is 1. The van der Waals surface area contributed by atoms with E-state index in [1.807, 2.05) is 6.07 Å². The number of hydrogen-bond donors (Lipinski definition) is 2. The maximum absolute atomic E-state index is 12.2. The molecule has 0 aliphatic carbocycles. The molecular formula is C16H22N2O2. The number of rotatable bonds is 3. The van der Waals surface area contributed by atoms with Crippen LogP contribution in [0.2, 0.25) is 0 Å². The normalized spacial score (nSPS) is 26.2. The molecule has 1 amide bonds. The molecular weight excluding hydrogens is 252 g/mol. The van der Waals surface area contributed by atoms with Crippen LogP contribution in [-0.4, -0.2) is 41.1 Å². The summed E-state index contributed by atoms with van der Waals surface area (Å²) in [5, 5.41) is 12.9. The highest BCUT2D eigenvalue weighted by Gasteiger charge is 2.36. The minimum atomic E-state index is 0.0175. The molecule has 2 unspecified atom stereocenters. The highest BCUT2D eigenvalue weighted by Crippen LogP contribution is 2.27. The van der Waals surface area contributed by atoms with Crippen LogP contribution in [-0.2, 0) is 11.2 Å². The van der Waals surface area contributed by atoms with Crippen molar-refractivity contribution in [2.24, 2.45) is 0 Å². The molecule has 3 rings (SSSR count). The van der Waals surface area contributed by atoms with Gasteiger partial charge in [-0.1, -0.05) is 24.6 Å². The third-order valence-corrected chi connectivity index (χ3v) is 4.55. The van der Waals surface area contributed by atoms with Gasteiger partial charge >= 0.3 is 0 Å². The van der Waals surface area contributed by atoms with Crippen molar-refractivity contribution in [3.63, 3.8) is 0 Å². The Bertz CT molecular complexity index is 489. The van der Waals surface area contributed by atoms with E-state index in [2.05, 4.69) is 10.2 Å². The van der Waals surface area contributed by atoms with E-state index in [0.29, 0.717) is 11.6 Å². The molecule has 2 heterocycles.